The molecule has 4 nitrogen and oxygen atoms in total. The van der Waals surface area contributed by atoms with Gasteiger partial charge >= 0.3 is 0 Å². The van der Waals surface area contributed by atoms with E-state index >= 15 is 0 Å². The summed E-state index contributed by atoms with van der Waals surface area (Å²) in [5.74, 6) is 0.796. The van der Waals surface area contributed by atoms with E-state index in [1.54, 1.807) is 17.7 Å². The first-order valence-corrected chi connectivity index (χ1v) is 8.02. The fourth-order valence-corrected chi connectivity index (χ4v) is 3.85. The summed E-state index contributed by atoms with van der Waals surface area (Å²) in [6.07, 6.45) is 2.49. The van der Waals surface area contributed by atoms with Crippen molar-refractivity contribution in [2.24, 2.45) is 0 Å². The number of fused-ring (bicyclic) bond motifs is 1. The van der Waals surface area contributed by atoms with Crippen molar-refractivity contribution < 1.29 is 0 Å². The van der Waals surface area contributed by atoms with Gasteiger partial charge in [-0.2, -0.15) is 10.1 Å². The molecule has 0 aliphatic carbocycles. The predicted molar refractivity (Wildman–Crippen MR) is 84.9 cm³/mol. The molecule has 4 rings (SSSR count). The molecule has 1 aromatic carbocycles. The summed E-state index contributed by atoms with van der Waals surface area (Å²) in [6, 6.07) is 12.5. The van der Waals surface area contributed by atoms with E-state index in [2.05, 4.69) is 39.0 Å². The summed E-state index contributed by atoms with van der Waals surface area (Å²) in [6.45, 7) is 0. The summed E-state index contributed by atoms with van der Waals surface area (Å²) in [7, 11) is 0. The zero-order valence-corrected chi connectivity index (χ0v) is 12.7. The van der Waals surface area contributed by atoms with Crippen molar-refractivity contribution >= 4 is 28.9 Å². The second-order valence-electron chi connectivity index (χ2n) is 5.01. The first-order chi connectivity index (χ1) is 10.3. The van der Waals surface area contributed by atoms with Crippen LogP contribution in [0, 0.1) is 0 Å². The predicted octanol–water partition coefficient (Wildman–Crippen LogP) is 4.14. The van der Waals surface area contributed by atoms with Crippen LogP contribution in [0.25, 0.3) is 0 Å². The molecule has 0 fully saturated rings. The summed E-state index contributed by atoms with van der Waals surface area (Å²) < 4.78 is 1.92. The second-order valence-corrected chi connectivity index (χ2v) is 6.40. The van der Waals surface area contributed by atoms with Crippen LogP contribution >= 0.6 is 22.9 Å². The van der Waals surface area contributed by atoms with E-state index in [4.69, 9.17) is 11.6 Å². The SMILES string of the molecule is Clc1ccccc1[C@@H]1C[C@H](c2cccs2)Nc2ncnn21. The van der Waals surface area contributed by atoms with Gasteiger partial charge in [0.05, 0.1) is 12.1 Å². The molecule has 0 bridgehead atoms. The molecule has 1 aliphatic rings. The molecule has 2 atom stereocenters. The van der Waals surface area contributed by atoms with Gasteiger partial charge in [-0.05, 0) is 29.5 Å². The van der Waals surface area contributed by atoms with E-state index in [-0.39, 0.29) is 12.1 Å². The van der Waals surface area contributed by atoms with Crippen molar-refractivity contribution in [3.8, 4) is 0 Å². The number of hydrogen-bond donors (Lipinski definition) is 1. The topological polar surface area (TPSA) is 42.7 Å². The van der Waals surface area contributed by atoms with Gasteiger partial charge in [-0.3, -0.25) is 0 Å². The minimum atomic E-state index is 0.101. The molecular formula is C15H13ClN4S. The fraction of sp³-hybridized carbons (Fsp3) is 0.200. The maximum absolute atomic E-state index is 6.38. The van der Waals surface area contributed by atoms with E-state index in [0.717, 1.165) is 23.0 Å². The van der Waals surface area contributed by atoms with E-state index in [1.807, 2.05) is 22.9 Å². The largest absolute Gasteiger partial charge is 0.347 e. The van der Waals surface area contributed by atoms with E-state index in [1.165, 1.54) is 4.88 Å². The van der Waals surface area contributed by atoms with Crippen molar-refractivity contribution in [2.75, 3.05) is 5.32 Å². The highest BCUT2D eigenvalue weighted by Gasteiger charge is 2.31. The number of aromatic nitrogens is 3. The van der Waals surface area contributed by atoms with Gasteiger partial charge in [0.2, 0.25) is 5.95 Å². The number of rotatable bonds is 2. The number of hydrogen-bond acceptors (Lipinski definition) is 4. The van der Waals surface area contributed by atoms with E-state index < -0.39 is 0 Å². The Morgan fingerprint density at radius 1 is 1.24 bits per heavy atom. The van der Waals surface area contributed by atoms with Gasteiger partial charge in [-0.15, -0.1) is 11.3 Å². The molecule has 0 unspecified atom stereocenters. The lowest BCUT2D eigenvalue weighted by molar-refractivity contribution is 0.433. The van der Waals surface area contributed by atoms with Gasteiger partial charge in [0.25, 0.3) is 0 Å². The molecule has 0 saturated heterocycles. The molecule has 0 spiro atoms. The Labute approximate surface area is 131 Å². The molecule has 106 valence electrons. The third kappa shape index (κ3) is 2.22. The third-order valence-electron chi connectivity index (χ3n) is 3.78. The number of anilines is 1. The number of nitrogens with zero attached hydrogens (tertiary/aromatic N) is 3. The van der Waals surface area contributed by atoms with Gasteiger partial charge in [0.1, 0.15) is 6.33 Å². The summed E-state index contributed by atoms with van der Waals surface area (Å²) in [5, 5.41) is 10.7. The second kappa shape index (κ2) is 5.16. The standard InChI is InChI=1S/C15H13ClN4S/c16-11-5-2-1-4-10(11)13-8-12(14-6-3-7-21-14)19-15-17-9-18-20(13)15/h1-7,9,12-13H,8H2,(H,17,18,19)/t12-,13+/m1/s1. The summed E-state index contributed by atoms with van der Waals surface area (Å²) in [5.41, 5.74) is 1.09. The molecular weight excluding hydrogens is 304 g/mol. The van der Waals surface area contributed by atoms with Crippen molar-refractivity contribution in [3.63, 3.8) is 0 Å². The van der Waals surface area contributed by atoms with Crippen LogP contribution < -0.4 is 5.32 Å². The third-order valence-corrected chi connectivity index (χ3v) is 5.11. The van der Waals surface area contributed by atoms with Crippen LogP contribution in [0.1, 0.15) is 28.9 Å². The number of thiophene rings is 1. The Bertz CT molecular complexity index is 753. The monoisotopic (exact) mass is 316 g/mol. The number of benzene rings is 1. The highest BCUT2D eigenvalue weighted by molar-refractivity contribution is 7.10. The van der Waals surface area contributed by atoms with Crippen LogP contribution in [0.3, 0.4) is 0 Å². The Morgan fingerprint density at radius 3 is 2.95 bits per heavy atom. The minimum absolute atomic E-state index is 0.101. The molecule has 1 N–H and O–H groups in total. The Balaban J connectivity index is 1.78. The van der Waals surface area contributed by atoms with Crippen LogP contribution in [0.15, 0.2) is 48.1 Å². The lowest BCUT2D eigenvalue weighted by Crippen LogP contribution is -2.27. The molecule has 1 aliphatic heterocycles. The van der Waals surface area contributed by atoms with Gasteiger partial charge in [0, 0.05) is 9.90 Å². The quantitative estimate of drug-likeness (QED) is 0.772. The first-order valence-electron chi connectivity index (χ1n) is 6.77. The minimum Gasteiger partial charge on any atom is -0.347 e. The molecule has 0 amide bonds. The molecule has 3 heterocycles. The number of nitrogens with one attached hydrogen (secondary N) is 1. The van der Waals surface area contributed by atoms with Crippen LogP contribution in [0.2, 0.25) is 5.02 Å². The summed E-state index contributed by atoms with van der Waals surface area (Å²) >= 11 is 8.14. The fourth-order valence-electron chi connectivity index (χ4n) is 2.80. The number of halogens is 1. The van der Waals surface area contributed by atoms with Gasteiger partial charge in [-0.1, -0.05) is 35.9 Å². The Morgan fingerprint density at radius 2 is 2.14 bits per heavy atom. The smallest absolute Gasteiger partial charge is 0.222 e. The van der Waals surface area contributed by atoms with Gasteiger partial charge in [-0.25, -0.2) is 4.68 Å². The van der Waals surface area contributed by atoms with E-state index in [0.29, 0.717) is 0 Å². The maximum Gasteiger partial charge on any atom is 0.222 e. The molecule has 0 radical (unpaired) electrons. The van der Waals surface area contributed by atoms with Crippen molar-refractivity contribution in [1.29, 1.82) is 0 Å². The normalized spacial score (nSPS) is 20.8. The zero-order chi connectivity index (χ0) is 14.2. The zero-order valence-electron chi connectivity index (χ0n) is 11.1. The van der Waals surface area contributed by atoms with Gasteiger partial charge < -0.3 is 5.32 Å². The molecule has 21 heavy (non-hydrogen) atoms. The van der Waals surface area contributed by atoms with Crippen LogP contribution in [-0.2, 0) is 0 Å². The van der Waals surface area contributed by atoms with Crippen LogP contribution in [0.4, 0.5) is 5.95 Å². The average molecular weight is 317 g/mol. The molecule has 0 saturated carbocycles. The molecule has 2 aromatic heterocycles. The molecule has 6 heteroatoms. The summed E-state index contributed by atoms with van der Waals surface area (Å²) in [4.78, 5) is 5.63. The first kappa shape index (κ1) is 12.9. The van der Waals surface area contributed by atoms with Crippen molar-refractivity contribution in [1.82, 2.24) is 14.8 Å². The Kier molecular flexibility index (Phi) is 3.16. The lowest BCUT2D eigenvalue weighted by Gasteiger charge is -2.31. The van der Waals surface area contributed by atoms with E-state index in [9.17, 15) is 0 Å². The highest BCUT2D eigenvalue weighted by Crippen LogP contribution is 2.40. The Hall–Kier alpha value is -1.85. The maximum atomic E-state index is 6.38. The van der Waals surface area contributed by atoms with Crippen LogP contribution in [-0.4, -0.2) is 14.8 Å². The highest BCUT2D eigenvalue weighted by atomic mass is 35.5. The lowest BCUT2D eigenvalue weighted by atomic mass is 9.97. The van der Waals surface area contributed by atoms with Gasteiger partial charge in [0.15, 0.2) is 0 Å². The molecule has 3 aromatic rings. The average Bonchev–Trinajstić information content (AvgIpc) is 3.18. The van der Waals surface area contributed by atoms with Crippen molar-refractivity contribution in [2.45, 2.75) is 18.5 Å². The van der Waals surface area contributed by atoms with Crippen LogP contribution in [0.5, 0.6) is 0 Å². The van der Waals surface area contributed by atoms with Crippen molar-refractivity contribution in [3.05, 3.63) is 63.6 Å².